The fourth-order valence-electron chi connectivity index (χ4n) is 7.59. The molecule has 1 amide bonds. The van der Waals surface area contributed by atoms with Crippen LogP contribution in [0.2, 0.25) is 0 Å². The third kappa shape index (κ3) is 5.89. The lowest BCUT2D eigenvalue weighted by atomic mass is 9.99. The number of nitrogens with zero attached hydrogens (tertiary/aromatic N) is 6. The molecule has 12 nitrogen and oxygen atoms in total. The Morgan fingerprint density at radius 3 is 2.37 bits per heavy atom. The number of hydrogen-bond acceptors (Lipinski definition) is 8. The van der Waals surface area contributed by atoms with Gasteiger partial charge in [0.1, 0.15) is 17.3 Å². The molecule has 8 rings (SSSR count). The maximum atomic E-state index is 14.4. The van der Waals surface area contributed by atoms with Gasteiger partial charge in [0.15, 0.2) is 0 Å². The summed E-state index contributed by atoms with van der Waals surface area (Å²) in [6.07, 6.45) is 6.97. The van der Waals surface area contributed by atoms with Crippen LogP contribution in [0, 0.1) is 13.8 Å². The molecule has 0 bridgehead atoms. The number of nitrogens with one attached hydrogen (secondary N) is 1. The van der Waals surface area contributed by atoms with Gasteiger partial charge < -0.3 is 20.5 Å². The average molecular weight is 705 g/mol. The van der Waals surface area contributed by atoms with E-state index in [-0.39, 0.29) is 33.4 Å². The van der Waals surface area contributed by atoms with E-state index in [4.69, 9.17) is 5.73 Å². The highest BCUT2D eigenvalue weighted by molar-refractivity contribution is 7.90. The van der Waals surface area contributed by atoms with Crippen molar-refractivity contribution in [2.24, 2.45) is 0 Å². The molecule has 0 radical (unpaired) electrons. The maximum absolute atomic E-state index is 14.4. The van der Waals surface area contributed by atoms with E-state index in [9.17, 15) is 18.0 Å². The molecule has 2 aliphatic heterocycles. The number of aromatic nitrogens is 5. The van der Waals surface area contributed by atoms with Crippen LogP contribution in [-0.4, -0.2) is 85.8 Å². The number of aryl methyl sites for hydroxylation is 2. The Hall–Kier alpha value is -5.27. The zero-order valence-corrected chi connectivity index (χ0v) is 29.5. The summed E-state index contributed by atoms with van der Waals surface area (Å²) in [4.78, 5) is 40.3. The standard InChI is InChI=1S/C38H40N8O4S/c1-24-6-10-30(11-7-24)51(49,50)46-34-13-8-26(38(48)44-18-14-28(15-19-44)43-16-4-3-5-17-43)20-27(34)21-35(46)36(47)31-23-40-45(37(31)39)29-9-12-32-33(22-29)42-25(2)41-32/h6-13,20-23,28H,3-5,14-19,39H2,1-2H3,(H,41,42). The Morgan fingerprint density at radius 2 is 1.63 bits per heavy atom. The minimum atomic E-state index is -4.26. The number of H-pyrrole nitrogens is 1. The number of rotatable bonds is 7. The summed E-state index contributed by atoms with van der Waals surface area (Å²) in [6, 6.07) is 18.9. The molecule has 0 aliphatic carbocycles. The van der Waals surface area contributed by atoms with Crippen molar-refractivity contribution in [2.45, 2.75) is 56.9 Å². The fraction of sp³-hybridized carbons (Fsp3) is 0.316. The number of anilines is 1. The third-order valence-electron chi connectivity index (χ3n) is 10.3. The first-order valence-electron chi connectivity index (χ1n) is 17.4. The lowest BCUT2D eigenvalue weighted by Crippen LogP contribution is -2.48. The molecule has 5 heterocycles. The van der Waals surface area contributed by atoms with Gasteiger partial charge >= 0.3 is 0 Å². The highest BCUT2D eigenvalue weighted by atomic mass is 32.2. The quantitative estimate of drug-likeness (QED) is 0.208. The summed E-state index contributed by atoms with van der Waals surface area (Å²) in [5.74, 6) is 0.0944. The topological polar surface area (TPSA) is 152 Å². The van der Waals surface area contributed by atoms with Gasteiger partial charge in [-0.3, -0.25) is 9.59 Å². The molecular formula is C38H40N8O4S. The molecule has 0 spiro atoms. The number of aromatic amines is 1. The minimum absolute atomic E-state index is 0.0302. The molecule has 2 saturated heterocycles. The molecule has 2 fully saturated rings. The van der Waals surface area contributed by atoms with Crippen LogP contribution >= 0.6 is 0 Å². The Bertz CT molecular complexity index is 2410. The summed E-state index contributed by atoms with van der Waals surface area (Å²) in [6.45, 7) is 7.33. The molecule has 3 aromatic carbocycles. The predicted molar refractivity (Wildman–Crippen MR) is 196 cm³/mol. The van der Waals surface area contributed by atoms with E-state index in [1.807, 2.05) is 36.9 Å². The van der Waals surface area contributed by atoms with Crippen molar-refractivity contribution in [1.82, 2.24) is 33.5 Å². The smallest absolute Gasteiger partial charge is 0.268 e. The van der Waals surface area contributed by atoms with Crippen LogP contribution < -0.4 is 5.73 Å². The number of hydrogen-bond donors (Lipinski definition) is 2. The summed E-state index contributed by atoms with van der Waals surface area (Å²) in [5.41, 5.74) is 10.3. The van der Waals surface area contributed by atoms with E-state index in [0.717, 1.165) is 46.8 Å². The van der Waals surface area contributed by atoms with Gasteiger partial charge in [-0.05, 0) is 107 Å². The SMILES string of the molecule is Cc1ccc(S(=O)(=O)n2c(C(=O)c3cnn(-c4ccc5[nH]c(C)nc5c4)c3N)cc3cc(C(=O)N4CCC(N5CCCCC5)CC4)ccc32)cc1. The lowest BCUT2D eigenvalue weighted by Gasteiger charge is -2.40. The molecule has 6 aromatic rings. The predicted octanol–water partition coefficient (Wildman–Crippen LogP) is 5.46. The number of piperidine rings is 2. The zero-order valence-electron chi connectivity index (χ0n) is 28.7. The number of imidazole rings is 1. The van der Waals surface area contributed by atoms with E-state index in [0.29, 0.717) is 41.3 Å². The second-order valence-corrected chi connectivity index (χ2v) is 15.5. The number of carbonyl (C=O) groups excluding carboxylic acids is 2. The van der Waals surface area contributed by atoms with Crippen LogP contribution in [0.15, 0.2) is 77.8 Å². The van der Waals surface area contributed by atoms with Crippen LogP contribution in [0.5, 0.6) is 0 Å². The molecular weight excluding hydrogens is 665 g/mol. The summed E-state index contributed by atoms with van der Waals surface area (Å²) in [7, 11) is -4.26. The molecule has 0 unspecified atom stereocenters. The second-order valence-electron chi connectivity index (χ2n) is 13.7. The minimum Gasteiger partial charge on any atom is -0.383 e. The number of ketones is 1. The van der Waals surface area contributed by atoms with Crippen LogP contribution in [0.4, 0.5) is 5.82 Å². The van der Waals surface area contributed by atoms with E-state index < -0.39 is 15.8 Å². The van der Waals surface area contributed by atoms with Crippen molar-refractivity contribution in [3.05, 3.63) is 101 Å². The Balaban J connectivity index is 1.15. The molecule has 262 valence electrons. The average Bonchev–Trinajstić information content (AvgIpc) is 3.85. The maximum Gasteiger partial charge on any atom is 0.268 e. The number of fused-ring (bicyclic) bond motifs is 2. The van der Waals surface area contributed by atoms with Gasteiger partial charge in [-0.25, -0.2) is 22.1 Å². The first-order valence-corrected chi connectivity index (χ1v) is 18.9. The first kappa shape index (κ1) is 32.9. The Kier molecular flexibility index (Phi) is 8.26. The Labute approximate surface area is 295 Å². The second kappa shape index (κ2) is 12.8. The van der Waals surface area contributed by atoms with Gasteiger partial charge in [0.05, 0.1) is 38.9 Å². The third-order valence-corrected chi connectivity index (χ3v) is 12.1. The largest absolute Gasteiger partial charge is 0.383 e. The lowest BCUT2D eigenvalue weighted by molar-refractivity contribution is 0.0590. The highest BCUT2D eigenvalue weighted by Gasteiger charge is 2.31. The van der Waals surface area contributed by atoms with Crippen LogP contribution in [0.3, 0.4) is 0 Å². The van der Waals surface area contributed by atoms with Crippen molar-refractivity contribution in [2.75, 3.05) is 31.9 Å². The fourth-order valence-corrected chi connectivity index (χ4v) is 9.10. The van der Waals surface area contributed by atoms with Crippen molar-refractivity contribution in [3.8, 4) is 5.69 Å². The molecule has 0 atom stereocenters. The summed E-state index contributed by atoms with van der Waals surface area (Å²) < 4.78 is 31.1. The highest BCUT2D eigenvalue weighted by Crippen LogP contribution is 2.31. The van der Waals surface area contributed by atoms with Gasteiger partial charge in [-0.1, -0.05) is 24.1 Å². The van der Waals surface area contributed by atoms with Crippen molar-refractivity contribution in [1.29, 1.82) is 0 Å². The zero-order chi connectivity index (χ0) is 35.4. The van der Waals surface area contributed by atoms with Crippen LogP contribution in [0.25, 0.3) is 27.6 Å². The molecule has 3 aromatic heterocycles. The van der Waals surface area contributed by atoms with E-state index in [1.165, 1.54) is 48.3 Å². The normalized spacial score (nSPS) is 16.3. The van der Waals surface area contributed by atoms with Crippen LogP contribution in [-0.2, 0) is 10.0 Å². The number of amides is 1. The van der Waals surface area contributed by atoms with Crippen LogP contribution in [0.1, 0.15) is 69.9 Å². The number of carbonyl (C=O) groups is 2. The molecule has 2 aliphatic rings. The summed E-state index contributed by atoms with van der Waals surface area (Å²) in [5, 5.41) is 4.86. The molecule has 51 heavy (non-hydrogen) atoms. The number of nitrogens with two attached hydrogens (primary N) is 1. The number of nitrogen functional groups attached to an aromatic ring is 1. The van der Waals surface area contributed by atoms with Crippen molar-refractivity contribution >= 4 is 49.5 Å². The monoisotopic (exact) mass is 704 g/mol. The molecule has 13 heteroatoms. The summed E-state index contributed by atoms with van der Waals surface area (Å²) >= 11 is 0. The van der Waals surface area contributed by atoms with Crippen molar-refractivity contribution in [3.63, 3.8) is 0 Å². The Morgan fingerprint density at radius 1 is 0.882 bits per heavy atom. The van der Waals surface area contributed by atoms with E-state index in [1.54, 1.807) is 30.3 Å². The van der Waals surface area contributed by atoms with Gasteiger partial charge in [-0.15, -0.1) is 0 Å². The van der Waals surface area contributed by atoms with Gasteiger partial charge in [-0.2, -0.15) is 5.10 Å². The van der Waals surface area contributed by atoms with Crippen molar-refractivity contribution < 1.29 is 18.0 Å². The van der Waals surface area contributed by atoms with Gasteiger partial charge in [0, 0.05) is 30.1 Å². The van der Waals surface area contributed by atoms with Gasteiger partial charge in [0.25, 0.3) is 15.9 Å². The van der Waals surface area contributed by atoms with E-state index in [2.05, 4.69) is 20.0 Å². The molecule has 0 saturated carbocycles. The van der Waals surface area contributed by atoms with E-state index >= 15 is 0 Å². The number of likely N-dealkylation sites (tertiary alicyclic amines) is 2. The molecule has 3 N–H and O–H groups in total. The first-order chi connectivity index (χ1) is 24.6. The number of benzene rings is 3. The van der Waals surface area contributed by atoms with Gasteiger partial charge in [0.2, 0.25) is 5.78 Å².